The molecule has 0 aliphatic carbocycles. The average molecular weight is 201 g/mol. The van der Waals surface area contributed by atoms with Gasteiger partial charge in [-0.1, -0.05) is 25.1 Å². The molecule has 2 N–H and O–H groups in total. The van der Waals surface area contributed by atoms with Gasteiger partial charge in [0.25, 0.3) is 0 Å². The van der Waals surface area contributed by atoms with Crippen molar-refractivity contribution in [2.24, 2.45) is 5.73 Å². The Labute approximate surface area is 89.7 Å². The minimum absolute atomic E-state index is 0.452. The van der Waals surface area contributed by atoms with Crippen LogP contribution in [-0.2, 0) is 13.0 Å². The highest BCUT2D eigenvalue weighted by atomic mass is 16.3. The predicted molar refractivity (Wildman–Crippen MR) is 61.4 cm³/mol. The molecule has 0 spiro atoms. The van der Waals surface area contributed by atoms with Crippen LogP contribution in [0.5, 0.6) is 0 Å². The van der Waals surface area contributed by atoms with Crippen molar-refractivity contribution in [3.8, 4) is 11.3 Å². The minimum Gasteiger partial charge on any atom is -0.460 e. The maximum Gasteiger partial charge on any atom is 0.134 e. The lowest BCUT2D eigenvalue weighted by Crippen LogP contribution is -1.92. The molecule has 0 bridgehead atoms. The summed E-state index contributed by atoms with van der Waals surface area (Å²) in [4.78, 5) is 0. The number of benzene rings is 1. The van der Waals surface area contributed by atoms with Crippen molar-refractivity contribution < 1.29 is 4.42 Å². The first-order valence-corrected chi connectivity index (χ1v) is 5.21. The van der Waals surface area contributed by atoms with Gasteiger partial charge in [0, 0.05) is 5.56 Å². The SMILES string of the molecule is CCc1cccc(-c2ccc(CN)o2)c1. The summed E-state index contributed by atoms with van der Waals surface area (Å²) in [6, 6.07) is 12.3. The lowest BCUT2D eigenvalue weighted by Gasteiger charge is -2.00. The van der Waals surface area contributed by atoms with Crippen LogP contribution in [0.25, 0.3) is 11.3 Å². The van der Waals surface area contributed by atoms with Crippen molar-refractivity contribution in [2.45, 2.75) is 19.9 Å². The molecular weight excluding hydrogens is 186 g/mol. The van der Waals surface area contributed by atoms with E-state index in [4.69, 9.17) is 10.2 Å². The van der Waals surface area contributed by atoms with Gasteiger partial charge < -0.3 is 10.2 Å². The van der Waals surface area contributed by atoms with Gasteiger partial charge in [-0.2, -0.15) is 0 Å². The Morgan fingerprint density at radius 3 is 2.73 bits per heavy atom. The zero-order valence-electron chi connectivity index (χ0n) is 8.86. The van der Waals surface area contributed by atoms with Crippen LogP contribution in [0.15, 0.2) is 40.8 Å². The summed E-state index contributed by atoms with van der Waals surface area (Å²) in [7, 11) is 0. The quantitative estimate of drug-likeness (QED) is 0.829. The maximum absolute atomic E-state index is 5.59. The number of rotatable bonds is 3. The van der Waals surface area contributed by atoms with Gasteiger partial charge in [-0.3, -0.25) is 0 Å². The Morgan fingerprint density at radius 1 is 1.20 bits per heavy atom. The van der Waals surface area contributed by atoms with Crippen LogP contribution < -0.4 is 5.73 Å². The zero-order valence-corrected chi connectivity index (χ0v) is 8.86. The standard InChI is InChI=1S/C13H15NO/c1-2-10-4-3-5-11(8-10)13-7-6-12(9-14)15-13/h3-8H,2,9,14H2,1H3. The molecular formula is C13H15NO. The minimum atomic E-state index is 0.452. The molecule has 1 aromatic heterocycles. The van der Waals surface area contributed by atoms with Crippen molar-refractivity contribution in [1.29, 1.82) is 0 Å². The fraction of sp³-hybridized carbons (Fsp3) is 0.231. The molecule has 0 saturated carbocycles. The van der Waals surface area contributed by atoms with Crippen LogP contribution in [0.2, 0.25) is 0 Å². The summed E-state index contributed by atoms with van der Waals surface area (Å²) in [5.74, 6) is 1.72. The summed E-state index contributed by atoms with van der Waals surface area (Å²) in [6.45, 7) is 2.60. The molecule has 15 heavy (non-hydrogen) atoms. The smallest absolute Gasteiger partial charge is 0.134 e. The van der Waals surface area contributed by atoms with Gasteiger partial charge in [0.1, 0.15) is 11.5 Å². The molecule has 2 rings (SSSR count). The van der Waals surface area contributed by atoms with Crippen LogP contribution >= 0.6 is 0 Å². The van der Waals surface area contributed by atoms with Crippen LogP contribution in [0, 0.1) is 0 Å². The Morgan fingerprint density at radius 2 is 2.07 bits per heavy atom. The van der Waals surface area contributed by atoms with Gasteiger partial charge in [-0.25, -0.2) is 0 Å². The molecule has 0 aliphatic heterocycles. The number of furan rings is 1. The Kier molecular flexibility index (Phi) is 2.88. The molecule has 78 valence electrons. The Balaban J connectivity index is 2.35. The number of hydrogen-bond donors (Lipinski definition) is 1. The molecule has 0 aliphatic rings. The van der Waals surface area contributed by atoms with E-state index in [0.717, 1.165) is 23.5 Å². The van der Waals surface area contributed by atoms with E-state index in [1.807, 2.05) is 12.1 Å². The van der Waals surface area contributed by atoms with E-state index in [1.54, 1.807) is 0 Å². The number of nitrogens with two attached hydrogens (primary N) is 1. The maximum atomic E-state index is 5.59. The third-order valence-electron chi connectivity index (χ3n) is 2.48. The normalized spacial score (nSPS) is 10.5. The van der Waals surface area contributed by atoms with Crippen LogP contribution in [-0.4, -0.2) is 0 Å². The second kappa shape index (κ2) is 4.32. The van der Waals surface area contributed by atoms with E-state index in [1.165, 1.54) is 5.56 Å². The first-order chi connectivity index (χ1) is 7.33. The largest absolute Gasteiger partial charge is 0.460 e. The van der Waals surface area contributed by atoms with Gasteiger partial charge in [0.2, 0.25) is 0 Å². The van der Waals surface area contributed by atoms with E-state index in [2.05, 4.69) is 31.2 Å². The molecule has 0 saturated heterocycles. The topological polar surface area (TPSA) is 39.2 Å². The monoisotopic (exact) mass is 201 g/mol. The van der Waals surface area contributed by atoms with Gasteiger partial charge in [-0.15, -0.1) is 0 Å². The fourth-order valence-corrected chi connectivity index (χ4v) is 1.59. The third kappa shape index (κ3) is 2.10. The van der Waals surface area contributed by atoms with Crippen LogP contribution in [0.3, 0.4) is 0 Å². The lowest BCUT2D eigenvalue weighted by molar-refractivity contribution is 0.525. The van der Waals surface area contributed by atoms with E-state index in [9.17, 15) is 0 Å². The van der Waals surface area contributed by atoms with E-state index < -0.39 is 0 Å². The van der Waals surface area contributed by atoms with Crippen molar-refractivity contribution >= 4 is 0 Å². The zero-order chi connectivity index (χ0) is 10.7. The Bertz CT molecular complexity index is 445. The molecule has 1 aromatic carbocycles. The molecule has 1 heterocycles. The summed E-state index contributed by atoms with van der Waals surface area (Å²) < 4.78 is 5.59. The average Bonchev–Trinajstić information content (AvgIpc) is 2.78. The molecule has 0 unspecified atom stereocenters. The van der Waals surface area contributed by atoms with Crippen molar-refractivity contribution in [3.05, 3.63) is 47.7 Å². The van der Waals surface area contributed by atoms with Gasteiger partial charge in [0.15, 0.2) is 0 Å². The van der Waals surface area contributed by atoms with Gasteiger partial charge in [-0.05, 0) is 30.2 Å². The van der Waals surface area contributed by atoms with Crippen molar-refractivity contribution in [1.82, 2.24) is 0 Å². The Hall–Kier alpha value is -1.54. The third-order valence-corrected chi connectivity index (χ3v) is 2.48. The highest BCUT2D eigenvalue weighted by molar-refractivity contribution is 5.58. The summed E-state index contributed by atoms with van der Waals surface area (Å²) in [5, 5.41) is 0. The van der Waals surface area contributed by atoms with Crippen LogP contribution in [0.1, 0.15) is 18.2 Å². The lowest BCUT2D eigenvalue weighted by atomic mass is 10.1. The van der Waals surface area contributed by atoms with Crippen LogP contribution in [0.4, 0.5) is 0 Å². The summed E-state index contributed by atoms with van der Waals surface area (Å²) >= 11 is 0. The molecule has 0 radical (unpaired) electrons. The molecule has 0 atom stereocenters. The van der Waals surface area contributed by atoms with Gasteiger partial charge in [0.05, 0.1) is 6.54 Å². The second-order valence-corrected chi connectivity index (χ2v) is 3.52. The van der Waals surface area contributed by atoms with Crippen molar-refractivity contribution in [3.63, 3.8) is 0 Å². The fourth-order valence-electron chi connectivity index (χ4n) is 1.59. The highest BCUT2D eigenvalue weighted by Gasteiger charge is 2.03. The first-order valence-electron chi connectivity index (χ1n) is 5.21. The molecule has 2 nitrogen and oxygen atoms in total. The van der Waals surface area contributed by atoms with E-state index >= 15 is 0 Å². The number of hydrogen-bond acceptors (Lipinski definition) is 2. The second-order valence-electron chi connectivity index (χ2n) is 3.52. The van der Waals surface area contributed by atoms with Gasteiger partial charge >= 0.3 is 0 Å². The molecule has 0 amide bonds. The highest BCUT2D eigenvalue weighted by Crippen LogP contribution is 2.23. The first kappa shape index (κ1) is 9.99. The summed E-state index contributed by atoms with van der Waals surface area (Å²) in [6.07, 6.45) is 1.04. The number of aryl methyl sites for hydroxylation is 1. The van der Waals surface area contributed by atoms with E-state index in [0.29, 0.717) is 6.54 Å². The predicted octanol–water partition coefficient (Wildman–Crippen LogP) is 2.97. The molecule has 2 heteroatoms. The summed E-state index contributed by atoms with van der Waals surface area (Å²) in [5.41, 5.74) is 7.94. The molecule has 0 fully saturated rings. The van der Waals surface area contributed by atoms with E-state index in [-0.39, 0.29) is 0 Å². The molecule has 2 aromatic rings. The van der Waals surface area contributed by atoms with Crippen molar-refractivity contribution in [2.75, 3.05) is 0 Å².